The van der Waals surface area contributed by atoms with Crippen LogP contribution in [0.4, 0.5) is 14.5 Å². The van der Waals surface area contributed by atoms with E-state index in [-0.39, 0.29) is 15.6 Å². The number of hydrogen-bond donors (Lipinski definition) is 1. The van der Waals surface area contributed by atoms with Crippen molar-refractivity contribution in [3.8, 4) is 0 Å². The average Bonchev–Trinajstić information content (AvgIpc) is 2.41. The molecule has 2 aromatic rings. The molecule has 0 saturated heterocycles. The molecule has 0 unspecified atom stereocenters. The first-order valence-corrected chi connectivity index (χ1v) is 7.54. The van der Waals surface area contributed by atoms with E-state index in [0.29, 0.717) is 5.56 Å². The van der Waals surface area contributed by atoms with Crippen LogP contribution in [0.3, 0.4) is 0 Å². The second-order valence-corrected chi connectivity index (χ2v) is 6.88. The SMILES string of the molecule is CC(C)(C)c1ccc(C(=O)Nc2c(F)cc(F)cc2Br)cc1. The molecule has 0 aliphatic carbocycles. The Hall–Kier alpha value is -1.75. The highest BCUT2D eigenvalue weighted by Crippen LogP contribution is 2.28. The molecule has 2 aromatic carbocycles. The summed E-state index contributed by atoms with van der Waals surface area (Å²) in [4.78, 5) is 12.2. The number of hydrogen-bond acceptors (Lipinski definition) is 1. The minimum Gasteiger partial charge on any atom is -0.319 e. The van der Waals surface area contributed by atoms with E-state index in [1.807, 2.05) is 12.1 Å². The van der Waals surface area contributed by atoms with E-state index in [4.69, 9.17) is 0 Å². The first-order valence-electron chi connectivity index (χ1n) is 6.75. The number of carbonyl (C=O) groups excluding carboxylic acids is 1. The van der Waals surface area contributed by atoms with Crippen LogP contribution in [0.25, 0.3) is 0 Å². The molecule has 0 fully saturated rings. The van der Waals surface area contributed by atoms with Crippen molar-refractivity contribution in [2.75, 3.05) is 5.32 Å². The van der Waals surface area contributed by atoms with Gasteiger partial charge in [-0.1, -0.05) is 32.9 Å². The van der Waals surface area contributed by atoms with Crippen molar-refractivity contribution in [1.82, 2.24) is 0 Å². The van der Waals surface area contributed by atoms with Crippen LogP contribution in [0.2, 0.25) is 0 Å². The molecular formula is C17H16BrF2NO. The number of amides is 1. The summed E-state index contributed by atoms with van der Waals surface area (Å²) >= 11 is 3.04. The predicted octanol–water partition coefficient (Wildman–Crippen LogP) is 5.28. The summed E-state index contributed by atoms with van der Waals surface area (Å²) in [5, 5.41) is 2.45. The van der Waals surface area contributed by atoms with Crippen molar-refractivity contribution < 1.29 is 13.6 Å². The molecule has 0 aromatic heterocycles. The Morgan fingerprint density at radius 2 is 1.68 bits per heavy atom. The largest absolute Gasteiger partial charge is 0.319 e. The number of anilines is 1. The third kappa shape index (κ3) is 3.71. The van der Waals surface area contributed by atoms with Crippen LogP contribution in [0.1, 0.15) is 36.7 Å². The monoisotopic (exact) mass is 367 g/mol. The Balaban J connectivity index is 2.23. The van der Waals surface area contributed by atoms with Gasteiger partial charge in [0.1, 0.15) is 5.82 Å². The van der Waals surface area contributed by atoms with Crippen molar-refractivity contribution in [3.63, 3.8) is 0 Å². The molecule has 1 amide bonds. The van der Waals surface area contributed by atoms with Gasteiger partial charge < -0.3 is 5.32 Å². The van der Waals surface area contributed by atoms with Gasteiger partial charge in [-0.05, 0) is 45.1 Å². The summed E-state index contributed by atoms with van der Waals surface area (Å²) in [6.45, 7) is 6.23. The molecule has 0 aliphatic heterocycles. The molecule has 0 heterocycles. The van der Waals surface area contributed by atoms with E-state index in [1.54, 1.807) is 12.1 Å². The minimum absolute atomic E-state index is 0.0128. The van der Waals surface area contributed by atoms with Crippen LogP contribution in [-0.2, 0) is 5.41 Å². The van der Waals surface area contributed by atoms with Gasteiger partial charge in [-0.25, -0.2) is 8.78 Å². The van der Waals surface area contributed by atoms with Gasteiger partial charge in [0, 0.05) is 16.1 Å². The van der Waals surface area contributed by atoms with Crippen molar-refractivity contribution in [1.29, 1.82) is 0 Å². The molecule has 2 rings (SSSR count). The van der Waals surface area contributed by atoms with E-state index < -0.39 is 17.5 Å². The van der Waals surface area contributed by atoms with E-state index >= 15 is 0 Å². The molecule has 22 heavy (non-hydrogen) atoms. The summed E-state index contributed by atoms with van der Waals surface area (Å²) in [5.41, 5.74) is 1.41. The van der Waals surface area contributed by atoms with Gasteiger partial charge in [-0.3, -0.25) is 4.79 Å². The third-order valence-corrected chi connectivity index (χ3v) is 3.88. The van der Waals surface area contributed by atoms with E-state index in [1.165, 1.54) is 0 Å². The van der Waals surface area contributed by atoms with Crippen LogP contribution in [-0.4, -0.2) is 5.91 Å². The molecule has 0 atom stereocenters. The maximum Gasteiger partial charge on any atom is 0.255 e. The number of nitrogens with one attached hydrogen (secondary N) is 1. The van der Waals surface area contributed by atoms with Crippen LogP contribution in [0, 0.1) is 11.6 Å². The molecule has 0 bridgehead atoms. The lowest BCUT2D eigenvalue weighted by Crippen LogP contribution is -2.15. The molecule has 5 heteroatoms. The number of benzene rings is 2. The highest BCUT2D eigenvalue weighted by atomic mass is 79.9. The summed E-state index contributed by atoms with van der Waals surface area (Å²) in [5.74, 6) is -1.99. The van der Waals surface area contributed by atoms with Crippen molar-refractivity contribution >= 4 is 27.5 Å². The Labute approximate surface area is 136 Å². The summed E-state index contributed by atoms with van der Waals surface area (Å²) < 4.78 is 26.9. The Kier molecular flexibility index (Phi) is 4.66. The molecule has 2 nitrogen and oxygen atoms in total. The summed E-state index contributed by atoms with van der Waals surface area (Å²) in [6, 6.07) is 8.93. The fourth-order valence-corrected chi connectivity index (χ4v) is 2.48. The molecule has 1 N–H and O–H groups in total. The van der Waals surface area contributed by atoms with Crippen LogP contribution < -0.4 is 5.32 Å². The quantitative estimate of drug-likeness (QED) is 0.768. The summed E-state index contributed by atoms with van der Waals surface area (Å²) in [6.07, 6.45) is 0. The molecular weight excluding hydrogens is 352 g/mol. The van der Waals surface area contributed by atoms with Crippen LogP contribution >= 0.6 is 15.9 Å². The number of carbonyl (C=O) groups is 1. The fraction of sp³-hybridized carbons (Fsp3) is 0.235. The van der Waals surface area contributed by atoms with Gasteiger partial charge in [0.05, 0.1) is 5.69 Å². The third-order valence-electron chi connectivity index (χ3n) is 3.26. The van der Waals surface area contributed by atoms with Crippen molar-refractivity contribution in [3.05, 3.63) is 63.6 Å². The molecule has 0 aliphatic rings. The van der Waals surface area contributed by atoms with E-state index in [9.17, 15) is 13.6 Å². The smallest absolute Gasteiger partial charge is 0.255 e. The molecule has 0 saturated carbocycles. The lowest BCUT2D eigenvalue weighted by Gasteiger charge is -2.19. The van der Waals surface area contributed by atoms with Crippen molar-refractivity contribution in [2.45, 2.75) is 26.2 Å². The predicted molar refractivity (Wildman–Crippen MR) is 87.2 cm³/mol. The molecule has 0 spiro atoms. The normalized spacial score (nSPS) is 11.4. The highest BCUT2D eigenvalue weighted by molar-refractivity contribution is 9.10. The molecule has 116 valence electrons. The number of rotatable bonds is 2. The van der Waals surface area contributed by atoms with Crippen LogP contribution in [0.15, 0.2) is 40.9 Å². The second kappa shape index (κ2) is 6.16. The Morgan fingerprint density at radius 1 is 1.09 bits per heavy atom. The Morgan fingerprint density at radius 3 is 2.18 bits per heavy atom. The average molecular weight is 368 g/mol. The number of halogens is 3. The van der Waals surface area contributed by atoms with E-state index in [2.05, 4.69) is 42.0 Å². The maximum atomic E-state index is 13.7. The highest BCUT2D eigenvalue weighted by Gasteiger charge is 2.16. The van der Waals surface area contributed by atoms with Crippen molar-refractivity contribution in [2.24, 2.45) is 0 Å². The molecule has 0 radical (unpaired) electrons. The van der Waals surface area contributed by atoms with Gasteiger partial charge in [-0.2, -0.15) is 0 Å². The lowest BCUT2D eigenvalue weighted by atomic mass is 9.87. The van der Waals surface area contributed by atoms with Crippen LogP contribution in [0.5, 0.6) is 0 Å². The standard InChI is InChI=1S/C17H16BrF2NO/c1-17(2,3)11-6-4-10(5-7-11)16(22)21-15-13(18)8-12(19)9-14(15)20/h4-9H,1-3H3,(H,21,22). The van der Waals surface area contributed by atoms with Gasteiger partial charge >= 0.3 is 0 Å². The Bertz CT molecular complexity index is 683. The summed E-state index contributed by atoms with van der Waals surface area (Å²) in [7, 11) is 0. The van der Waals surface area contributed by atoms with E-state index in [0.717, 1.165) is 17.7 Å². The zero-order chi connectivity index (χ0) is 16.5. The lowest BCUT2D eigenvalue weighted by molar-refractivity contribution is 0.102. The first-order chi connectivity index (χ1) is 10.2. The minimum atomic E-state index is -0.827. The van der Waals surface area contributed by atoms with Gasteiger partial charge in [0.25, 0.3) is 5.91 Å². The first kappa shape index (κ1) is 16.6. The maximum absolute atomic E-state index is 13.7. The van der Waals surface area contributed by atoms with Gasteiger partial charge in [-0.15, -0.1) is 0 Å². The topological polar surface area (TPSA) is 29.1 Å². The fourth-order valence-electron chi connectivity index (χ4n) is 1.97. The zero-order valence-corrected chi connectivity index (χ0v) is 14.1. The van der Waals surface area contributed by atoms with Gasteiger partial charge in [0.15, 0.2) is 5.82 Å². The van der Waals surface area contributed by atoms with Gasteiger partial charge in [0.2, 0.25) is 0 Å². The zero-order valence-electron chi connectivity index (χ0n) is 12.5. The second-order valence-electron chi connectivity index (χ2n) is 6.03.